The molecular weight excluding hydrogens is 354 g/mol. The molecule has 1 N–H and O–H groups in total. The molecule has 0 unspecified atom stereocenters. The zero-order valence-corrected chi connectivity index (χ0v) is 16.7. The third-order valence-electron chi connectivity index (χ3n) is 4.66. The molecule has 4 heterocycles. The molecule has 8 nitrogen and oxygen atoms in total. The lowest BCUT2D eigenvalue weighted by Gasteiger charge is -2.08. The minimum absolute atomic E-state index is 0.530. The highest BCUT2D eigenvalue weighted by atomic mass is 16.5. The van der Waals surface area contributed by atoms with E-state index >= 15 is 0 Å². The first-order chi connectivity index (χ1) is 13.6. The molecule has 0 aliphatic carbocycles. The van der Waals surface area contributed by atoms with E-state index in [2.05, 4.69) is 38.8 Å². The lowest BCUT2D eigenvalue weighted by Crippen LogP contribution is -2.11. The minimum Gasteiger partial charge on any atom is -0.383 e. The van der Waals surface area contributed by atoms with Gasteiger partial charge in [-0.2, -0.15) is 0 Å². The molecule has 28 heavy (non-hydrogen) atoms. The number of aromatic nitrogens is 6. The van der Waals surface area contributed by atoms with Gasteiger partial charge in [-0.3, -0.25) is 0 Å². The second-order valence-electron chi connectivity index (χ2n) is 7.26. The summed E-state index contributed by atoms with van der Waals surface area (Å²) in [6.45, 7) is 8.47. The van der Waals surface area contributed by atoms with Gasteiger partial charge in [0.1, 0.15) is 11.3 Å². The number of anilines is 1. The van der Waals surface area contributed by atoms with Crippen LogP contribution in [-0.4, -0.2) is 49.4 Å². The van der Waals surface area contributed by atoms with E-state index < -0.39 is 0 Å². The Labute approximate surface area is 163 Å². The molecule has 0 saturated carbocycles. The average molecular weight is 379 g/mol. The van der Waals surface area contributed by atoms with Gasteiger partial charge in [0.2, 0.25) is 5.95 Å². The number of nitrogens with zero attached hydrogens (tertiary/aromatic N) is 6. The van der Waals surface area contributed by atoms with Gasteiger partial charge in [-0.25, -0.2) is 19.5 Å². The van der Waals surface area contributed by atoms with Gasteiger partial charge in [0, 0.05) is 32.0 Å². The van der Waals surface area contributed by atoms with Gasteiger partial charge >= 0.3 is 0 Å². The topological polar surface area (TPSA) is 82.2 Å². The standard InChI is InChI=1S/C20H25N7O/c1-13(2)11-21-20-22-12-18-15(7-8-27(18)25-20)16-5-6-17-19(24-16)26(9-10-28-4)14(3)23-17/h5-8,12-13H,9-11H2,1-4H3,(H,21,25). The molecule has 0 spiro atoms. The van der Waals surface area contributed by atoms with Crippen LogP contribution in [0, 0.1) is 12.8 Å². The first-order valence-corrected chi connectivity index (χ1v) is 9.48. The maximum atomic E-state index is 5.22. The molecule has 0 atom stereocenters. The Balaban J connectivity index is 1.72. The molecule has 0 amide bonds. The maximum absolute atomic E-state index is 5.22. The summed E-state index contributed by atoms with van der Waals surface area (Å²) in [4.78, 5) is 13.9. The molecule has 0 aliphatic rings. The molecule has 0 aromatic carbocycles. The lowest BCUT2D eigenvalue weighted by atomic mass is 10.2. The van der Waals surface area contributed by atoms with Gasteiger partial charge in [-0.05, 0) is 31.0 Å². The highest BCUT2D eigenvalue weighted by molar-refractivity contribution is 5.82. The molecule has 0 saturated heterocycles. The zero-order chi connectivity index (χ0) is 19.7. The van der Waals surface area contributed by atoms with E-state index in [1.54, 1.807) is 7.11 Å². The Morgan fingerprint density at radius 3 is 2.82 bits per heavy atom. The Bertz CT molecular complexity index is 1110. The number of hydrogen-bond acceptors (Lipinski definition) is 6. The lowest BCUT2D eigenvalue weighted by molar-refractivity contribution is 0.187. The van der Waals surface area contributed by atoms with E-state index in [9.17, 15) is 0 Å². The number of hydrogen-bond donors (Lipinski definition) is 1. The number of pyridine rings is 1. The minimum atomic E-state index is 0.530. The van der Waals surface area contributed by atoms with Crippen LogP contribution in [0.1, 0.15) is 19.7 Å². The van der Waals surface area contributed by atoms with Crippen molar-refractivity contribution in [2.75, 3.05) is 25.6 Å². The summed E-state index contributed by atoms with van der Waals surface area (Å²) in [7, 11) is 1.70. The molecule has 0 fully saturated rings. The van der Waals surface area contributed by atoms with Gasteiger partial charge in [0.25, 0.3) is 0 Å². The monoisotopic (exact) mass is 379 g/mol. The predicted octanol–water partition coefficient (Wildman–Crippen LogP) is 3.16. The first kappa shape index (κ1) is 18.4. The van der Waals surface area contributed by atoms with Crippen molar-refractivity contribution < 1.29 is 4.74 Å². The van der Waals surface area contributed by atoms with Gasteiger partial charge in [0.05, 0.1) is 24.0 Å². The molecule has 8 heteroatoms. The SMILES string of the molecule is COCCn1c(C)nc2ccc(-c3ccn4nc(NCC(C)C)ncc34)nc21. The molecule has 0 bridgehead atoms. The van der Waals surface area contributed by atoms with E-state index in [0.717, 1.165) is 46.9 Å². The largest absolute Gasteiger partial charge is 0.383 e. The van der Waals surface area contributed by atoms with Crippen molar-refractivity contribution in [1.82, 2.24) is 29.1 Å². The molecule has 4 rings (SSSR count). The Morgan fingerprint density at radius 2 is 2.04 bits per heavy atom. The van der Waals surface area contributed by atoms with E-state index in [1.807, 2.05) is 42.0 Å². The summed E-state index contributed by atoms with van der Waals surface area (Å²) in [5, 5.41) is 7.81. The number of ether oxygens (including phenoxy) is 1. The number of rotatable bonds is 7. The molecule has 4 aromatic heterocycles. The molecule has 4 aromatic rings. The Morgan fingerprint density at radius 1 is 1.18 bits per heavy atom. The van der Waals surface area contributed by atoms with Gasteiger partial charge in [-0.15, -0.1) is 5.10 Å². The van der Waals surface area contributed by atoms with Crippen molar-refractivity contribution in [3.05, 3.63) is 36.4 Å². The number of nitrogens with one attached hydrogen (secondary N) is 1. The van der Waals surface area contributed by atoms with Crippen LogP contribution in [0.3, 0.4) is 0 Å². The Kier molecular flexibility index (Phi) is 4.95. The highest BCUT2D eigenvalue weighted by Crippen LogP contribution is 2.26. The average Bonchev–Trinajstić information content (AvgIpc) is 3.24. The van der Waals surface area contributed by atoms with Crippen LogP contribution in [0.25, 0.3) is 27.9 Å². The van der Waals surface area contributed by atoms with Crippen molar-refractivity contribution in [1.29, 1.82) is 0 Å². The van der Waals surface area contributed by atoms with Crippen molar-refractivity contribution >= 4 is 22.6 Å². The third kappa shape index (κ3) is 3.43. The molecule has 0 aliphatic heterocycles. The van der Waals surface area contributed by atoms with Crippen LogP contribution in [-0.2, 0) is 11.3 Å². The van der Waals surface area contributed by atoms with E-state index in [1.165, 1.54) is 0 Å². The summed E-state index contributed by atoms with van der Waals surface area (Å²) < 4.78 is 9.15. The van der Waals surface area contributed by atoms with Gasteiger partial charge in [-0.1, -0.05) is 13.8 Å². The number of fused-ring (bicyclic) bond motifs is 2. The second kappa shape index (κ2) is 7.55. The summed E-state index contributed by atoms with van der Waals surface area (Å²) >= 11 is 0. The Hall–Kier alpha value is -3.00. The molecular formula is C20H25N7O. The molecule has 146 valence electrons. The van der Waals surface area contributed by atoms with Crippen molar-refractivity contribution in [2.45, 2.75) is 27.3 Å². The van der Waals surface area contributed by atoms with Crippen LogP contribution in [0.2, 0.25) is 0 Å². The van der Waals surface area contributed by atoms with E-state index in [-0.39, 0.29) is 0 Å². The van der Waals surface area contributed by atoms with Crippen molar-refractivity contribution in [3.8, 4) is 11.3 Å². The first-order valence-electron chi connectivity index (χ1n) is 9.48. The summed E-state index contributed by atoms with van der Waals surface area (Å²) in [6, 6.07) is 6.03. The molecule has 0 radical (unpaired) electrons. The zero-order valence-electron chi connectivity index (χ0n) is 16.7. The van der Waals surface area contributed by atoms with Crippen LogP contribution < -0.4 is 5.32 Å². The number of methoxy groups -OCH3 is 1. The van der Waals surface area contributed by atoms with Crippen LogP contribution >= 0.6 is 0 Å². The van der Waals surface area contributed by atoms with E-state index in [0.29, 0.717) is 18.5 Å². The van der Waals surface area contributed by atoms with Gasteiger partial charge < -0.3 is 14.6 Å². The van der Waals surface area contributed by atoms with E-state index in [4.69, 9.17) is 9.72 Å². The predicted molar refractivity (Wildman–Crippen MR) is 109 cm³/mol. The van der Waals surface area contributed by atoms with Crippen LogP contribution in [0.15, 0.2) is 30.6 Å². The van der Waals surface area contributed by atoms with Crippen molar-refractivity contribution in [2.24, 2.45) is 5.92 Å². The smallest absolute Gasteiger partial charge is 0.241 e. The number of imidazole rings is 1. The van der Waals surface area contributed by atoms with Crippen molar-refractivity contribution in [3.63, 3.8) is 0 Å². The highest BCUT2D eigenvalue weighted by Gasteiger charge is 2.13. The fourth-order valence-electron chi connectivity index (χ4n) is 3.21. The third-order valence-corrected chi connectivity index (χ3v) is 4.66. The maximum Gasteiger partial charge on any atom is 0.241 e. The van der Waals surface area contributed by atoms with Crippen LogP contribution in [0.4, 0.5) is 5.95 Å². The fraction of sp³-hybridized carbons (Fsp3) is 0.400. The summed E-state index contributed by atoms with van der Waals surface area (Å²) in [5.41, 5.74) is 4.54. The quantitative estimate of drug-likeness (QED) is 0.531. The van der Waals surface area contributed by atoms with Gasteiger partial charge in [0.15, 0.2) is 5.65 Å². The second-order valence-corrected chi connectivity index (χ2v) is 7.26. The summed E-state index contributed by atoms with van der Waals surface area (Å²) in [6.07, 6.45) is 3.77. The summed E-state index contributed by atoms with van der Waals surface area (Å²) in [5.74, 6) is 2.09. The normalized spacial score (nSPS) is 11.8. The fourth-order valence-corrected chi connectivity index (χ4v) is 3.21. The van der Waals surface area contributed by atoms with Crippen LogP contribution in [0.5, 0.6) is 0 Å². The number of aryl methyl sites for hydroxylation is 1.